The topological polar surface area (TPSA) is 66.4 Å². The second kappa shape index (κ2) is 8.48. The van der Waals surface area contributed by atoms with Gasteiger partial charge in [0.2, 0.25) is 5.91 Å². The lowest BCUT2D eigenvalue weighted by Gasteiger charge is -2.41. The molecule has 24 heavy (non-hydrogen) atoms. The fourth-order valence-electron chi connectivity index (χ4n) is 3.08. The maximum atomic E-state index is 11.8. The molecule has 2 aliphatic heterocycles. The normalized spacial score (nSPS) is 23.9. The standard InChI is InChI=1S/C17H30N4O3/c1-5-8-18-16(19-12-15(22)20(3)4)21-9-6-7-14(13-21)17(2)23-10-11-24-17/h5,14H,1,6-13H2,2-4H3,(H,18,19). The minimum Gasteiger partial charge on any atom is -0.353 e. The third-order valence-electron chi connectivity index (χ3n) is 4.59. The summed E-state index contributed by atoms with van der Waals surface area (Å²) in [5, 5.41) is 3.26. The fourth-order valence-corrected chi connectivity index (χ4v) is 3.08. The molecule has 0 spiro atoms. The number of guanidine groups is 1. The molecule has 1 N–H and O–H groups in total. The number of nitrogens with zero attached hydrogens (tertiary/aromatic N) is 3. The molecule has 2 heterocycles. The van der Waals surface area contributed by atoms with E-state index in [0.717, 1.165) is 31.9 Å². The molecule has 2 fully saturated rings. The molecule has 0 aromatic carbocycles. The summed E-state index contributed by atoms with van der Waals surface area (Å²) in [4.78, 5) is 20.1. The van der Waals surface area contributed by atoms with Gasteiger partial charge in [-0.1, -0.05) is 6.08 Å². The van der Waals surface area contributed by atoms with Crippen LogP contribution in [0.15, 0.2) is 17.6 Å². The Morgan fingerprint density at radius 2 is 2.17 bits per heavy atom. The van der Waals surface area contributed by atoms with Gasteiger partial charge in [-0.05, 0) is 19.8 Å². The average molecular weight is 338 g/mol. The van der Waals surface area contributed by atoms with Crippen LogP contribution in [-0.4, -0.2) is 80.9 Å². The summed E-state index contributed by atoms with van der Waals surface area (Å²) in [6.07, 6.45) is 3.90. The number of rotatable bonds is 5. The lowest BCUT2D eigenvalue weighted by Crippen LogP contribution is -2.52. The van der Waals surface area contributed by atoms with E-state index in [-0.39, 0.29) is 18.4 Å². The number of carbonyl (C=O) groups excluding carboxylic acids is 1. The first-order valence-corrected chi connectivity index (χ1v) is 8.58. The lowest BCUT2D eigenvalue weighted by atomic mass is 9.90. The molecular formula is C17H30N4O3. The lowest BCUT2D eigenvalue weighted by molar-refractivity contribution is -0.189. The van der Waals surface area contributed by atoms with E-state index < -0.39 is 5.79 Å². The average Bonchev–Trinajstić information content (AvgIpc) is 3.03. The second-order valence-corrected chi connectivity index (χ2v) is 6.60. The van der Waals surface area contributed by atoms with Gasteiger partial charge in [0.15, 0.2) is 11.7 Å². The third kappa shape index (κ3) is 4.70. The molecule has 2 aliphatic rings. The Hall–Kier alpha value is -1.60. The number of likely N-dealkylation sites (tertiary alicyclic amines) is 1. The first kappa shape index (κ1) is 18.7. The van der Waals surface area contributed by atoms with Gasteiger partial charge in [0.1, 0.15) is 6.54 Å². The van der Waals surface area contributed by atoms with Crippen LogP contribution < -0.4 is 5.32 Å². The van der Waals surface area contributed by atoms with Crippen molar-refractivity contribution in [3.05, 3.63) is 12.7 Å². The van der Waals surface area contributed by atoms with E-state index in [1.807, 2.05) is 6.92 Å². The molecule has 0 bridgehead atoms. The van der Waals surface area contributed by atoms with Crippen LogP contribution in [0.1, 0.15) is 19.8 Å². The highest BCUT2D eigenvalue weighted by atomic mass is 16.7. The predicted octanol–water partition coefficient (Wildman–Crippen LogP) is 0.681. The maximum Gasteiger partial charge on any atom is 0.243 e. The summed E-state index contributed by atoms with van der Waals surface area (Å²) >= 11 is 0. The van der Waals surface area contributed by atoms with Crippen LogP contribution in [0.5, 0.6) is 0 Å². The van der Waals surface area contributed by atoms with E-state index in [4.69, 9.17) is 9.47 Å². The molecule has 7 nitrogen and oxygen atoms in total. The monoisotopic (exact) mass is 338 g/mol. The summed E-state index contributed by atoms with van der Waals surface area (Å²) in [6, 6.07) is 0. The van der Waals surface area contributed by atoms with E-state index in [9.17, 15) is 4.79 Å². The first-order chi connectivity index (χ1) is 11.5. The van der Waals surface area contributed by atoms with Gasteiger partial charge in [-0.15, -0.1) is 6.58 Å². The highest BCUT2D eigenvalue weighted by Gasteiger charge is 2.42. The Balaban J connectivity index is 2.05. The molecular weight excluding hydrogens is 308 g/mol. The smallest absolute Gasteiger partial charge is 0.243 e. The zero-order valence-electron chi connectivity index (χ0n) is 15.1. The zero-order chi connectivity index (χ0) is 17.6. The predicted molar refractivity (Wildman–Crippen MR) is 93.8 cm³/mol. The Kier molecular flexibility index (Phi) is 6.62. The van der Waals surface area contributed by atoms with Crippen molar-refractivity contribution in [2.24, 2.45) is 10.9 Å². The van der Waals surface area contributed by atoms with Crippen molar-refractivity contribution in [1.29, 1.82) is 0 Å². The number of hydrogen-bond acceptors (Lipinski definition) is 4. The number of carbonyl (C=O) groups is 1. The Bertz CT molecular complexity index is 472. The van der Waals surface area contributed by atoms with E-state index >= 15 is 0 Å². The SMILES string of the molecule is C=CCNC(=NCC(=O)N(C)C)N1CCCC(C2(C)OCCO2)C1. The molecule has 7 heteroatoms. The van der Waals surface area contributed by atoms with Crippen LogP contribution >= 0.6 is 0 Å². The van der Waals surface area contributed by atoms with Crippen LogP contribution in [0.25, 0.3) is 0 Å². The van der Waals surface area contributed by atoms with Crippen LogP contribution in [0.2, 0.25) is 0 Å². The third-order valence-corrected chi connectivity index (χ3v) is 4.59. The van der Waals surface area contributed by atoms with E-state index in [0.29, 0.717) is 19.8 Å². The molecule has 0 radical (unpaired) electrons. The van der Waals surface area contributed by atoms with Crippen LogP contribution in [0.4, 0.5) is 0 Å². The molecule has 136 valence electrons. The molecule has 0 aromatic rings. The number of nitrogens with one attached hydrogen (secondary N) is 1. The summed E-state index contributed by atoms with van der Waals surface area (Å²) in [6.45, 7) is 9.53. The van der Waals surface area contributed by atoms with Crippen molar-refractivity contribution in [2.45, 2.75) is 25.6 Å². The van der Waals surface area contributed by atoms with Crippen molar-refractivity contribution in [2.75, 3.05) is 53.5 Å². The number of hydrogen-bond donors (Lipinski definition) is 1. The summed E-state index contributed by atoms with van der Waals surface area (Å²) in [7, 11) is 3.47. The van der Waals surface area contributed by atoms with Crippen LogP contribution in [0, 0.1) is 5.92 Å². The largest absolute Gasteiger partial charge is 0.353 e. The van der Waals surface area contributed by atoms with Crippen molar-refractivity contribution in [3.63, 3.8) is 0 Å². The van der Waals surface area contributed by atoms with Crippen molar-refractivity contribution >= 4 is 11.9 Å². The zero-order valence-corrected chi connectivity index (χ0v) is 15.1. The van der Waals surface area contributed by atoms with E-state index in [1.54, 1.807) is 25.1 Å². The molecule has 0 saturated carbocycles. The van der Waals surface area contributed by atoms with Gasteiger partial charge in [-0.3, -0.25) is 4.79 Å². The van der Waals surface area contributed by atoms with E-state index in [1.165, 1.54) is 0 Å². The van der Waals surface area contributed by atoms with Crippen LogP contribution in [-0.2, 0) is 14.3 Å². The highest BCUT2D eigenvalue weighted by Crippen LogP contribution is 2.34. The van der Waals surface area contributed by atoms with Gasteiger partial charge >= 0.3 is 0 Å². The summed E-state index contributed by atoms with van der Waals surface area (Å²) in [5.74, 6) is 0.503. The van der Waals surface area contributed by atoms with Gasteiger partial charge in [-0.25, -0.2) is 4.99 Å². The number of piperidine rings is 1. The van der Waals surface area contributed by atoms with Gasteiger partial charge in [-0.2, -0.15) is 0 Å². The molecule has 0 aromatic heterocycles. The Morgan fingerprint density at radius 1 is 1.46 bits per heavy atom. The maximum absolute atomic E-state index is 11.8. The molecule has 0 aliphatic carbocycles. The molecule has 1 amide bonds. The minimum atomic E-state index is -0.512. The Morgan fingerprint density at radius 3 is 2.79 bits per heavy atom. The molecule has 2 rings (SSSR count). The summed E-state index contributed by atoms with van der Waals surface area (Å²) < 4.78 is 11.7. The molecule has 2 saturated heterocycles. The van der Waals surface area contributed by atoms with Gasteiger partial charge in [0.25, 0.3) is 0 Å². The minimum absolute atomic E-state index is 0.0177. The van der Waals surface area contributed by atoms with Gasteiger partial charge < -0.3 is 24.6 Å². The second-order valence-electron chi connectivity index (χ2n) is 6.60. The van der Waals surface area contributed by atoms with Crippen LogP contribution in [0.3, 0.4) is 0 Å². The number of likely N-dealkylation sites (N-methyl/N-ethyl adjacent to an activating group) is 1. The van der Waals surface area contributed by atoms with E-state index in [2.05, 4.69) is 21.8 Å². The first-order valence-electron chi connectivity index (χ1n) is 8.58. The quantitative estimate of drug-likeness (QED) is 0.454. The van der Waals surface area contributed by atoms with Crippen molar-refractivity contribution in [3.8, 4) is 0 Å². The highest BCUT2D eigenvalue weighted by molar-refractivity contribution is 5.85. The van der Waals surface area contributed by atoms with Gasteiger partial charge in [0.05, 0.1) is 13.2 Å². The molecule has 1 unspecified atom stereocenters. The van der Waals surface area contributed by atoms with Crippen molar-refractivity contribution < 1.29 is 14.3 Å². The fraction of sp³-hybridized carbons (Fsp3) is 0.765. The number of aliphatic imine (C=N–C) groups is 1. The molecule has 1 atom stereocenters. The number of ether oxygens (including phenoxy) is 2. The summed E-state index contributed by atoms with van der Waals surface area (Å²) in [5.41, 5.74) is 0. The Labute approximate surface area is 144 Å². The van der Waals surface area contributed by atoms with Gasteiger partial charge in [0, 0.05) is 39.6 Å². The number of amides is 1. The van der Waals surface area contributed by atoms with Crippen molar-refractivity contribution in [1.82, 2.24) is 15.1 Å².